The molecule has 0 aliphatic rings. The van der Waals surface area contributed by atoms with Crippen LogP contribution >= 0.6 is 0 Å². The van der Waals surface area contributed by atoms with Gasteiger partial charge in [-0.15, -0.1) is 0 Å². The molecule has 39 heavy (non-hydrogen) atoms. The third kappa shape index (κ3) is 9.93. The predicted octanol–water partition coefficient (Wildman–Crippen LogP) is 9.21. The number of benzene rings is 2. The number of carbonyl (C=O) groups is 2. The Hall–Kier alpha value is -2.98. The smallest absolute Gasteiger partial charge is 0.274 e. The van der Waals surface area contributed by atoms with Crippen LogP contribution in [-0.4, -0.2) is 23.3 Å². The average molecular weight is 566 g/mol. The molecule has 11 heteroatoms. The largest absolute Gasteiger partial charge is 0.417 e. The van der Waals surface area contributed by atoms with Crippen molar-refractivity contribution in [1.29, 1.82) is 0 Å². The van der Waals surface area contributed by atoms with Gasteiger partial charge in [-0.3, -0.25) is 14.5 Å². The van der Waals surface area contributed by atoms with E-state index in [0.717, 1.165) is 44.9 Å². The lowest BCUT2D eigenvalue weighted by atomic mass is 10.0. The molecule has 0 unspecified atom stereocenters. The normalized spacial score (nSPS) is 12.0. The van der Waals surface area contributed by atoms with Gasteiger partial charge in [-0.1, -0.05) is 64.7 Å². The van der Waals surface area contributed by atoms with Crippen molar-refractivity contribution in [3.05, 3.63) is 70.3 Å². The van der Waals surface area contributed by atoms with Gasteiger partial charge in [0, 0.05) is 12.1 Å². The van der Waals surface area contributed by atoms with Gasteiger partial charge < -0.3 is 0 Å². The molecule has 0 spiro atoms. The molecule has 0 N–H and O–H groups in total. The first-order valence-corrected chi connectivity index (χ1v) is 12.9. The molecule has 0 aliphatic heterocycles. The zero-order valence-corrected chi connectivity index (χ0v) is 21.5. The lowest BCUT2D eigenvalue weighted by molar-refractivity contribution is -0.138. The summed E-state index contributed by atoms with van der Waals surface area (Å²) in [4.78, 5) is 26.6. The molecule has 2 aromatic rings. The zero-order chi connectivity index (χ0) is 29.2. The number of nitrogens with zero attached hydrogens (tertiary/aromatic N) is 1. The number of carbonyl (C=O) groups excluding carboxylic acids is 2. The minimum absolute atomic E-state index is 0.144. The molecule has 3 nitrogen and oxygen atoms in total. The summed E-state index contributed by atoms with van der Waals surface area (Å²) in [6, 6.07) is 2.09. The summed E-state index contributed by atoms with van der Waals surface area (Å²) in [5, 5.41) is 0. The van der Waals surface area contributed by atoms with Gasteiger partial charge in [0.1, 0.15) is 11.6 Å². The van der Waals surface area contributed by atoms with E-state index in [0.29, 0.717) is 48.1 Å². The molecule has 0 atom stereocenters. The molecule has 0 radical (unpaired) electrons. The van der Waals surface area contributed by atoms with Crippen molar-refractivity contribution in [3.63, 3.8) is 0 Å². The standard InChI is InChI=1S/C28H31F8NO2/c1-2-3-4-5-6-7-8-9-10-11-14-37(25(38)19-15-20(27(31,32)33)17-22(30)16-19)26(39)23-18-21(29)12-13-24(23)28(34,35)36/h12-13,15-18H,2-11,14H2,1H3. The number of hydrogen-bond acceptors (Lipinski definition) is 2. The van der Waals surface area contributed by atoms with E-state index in [1.807, 2.05) is 0 Å². The van der Waals surface area contributed by atoms with Crippen LogP contribution in [0.15, 0.2) is 36.4 Å². The van der Waals surface area contributed by atoms with E-state index in [1.165, 1.54) is 0 Å². The van der Waals surface area contributed by atoms with Gasteiger partial charge in [0.2, 0.25) is 0 Å². The van der Waals surface area contributed by atoms with E-state index in [-0.39, 0.29) is 12.5 Å². The number of unbranched alkanes of at least 4 members (excludes halogenated alkanes) is 9. The summed E-state index contributed by atoms with van der Waals surface area (Å²) in [6.07, 6.45) is -1.36. The molecule has 0 saturated carbocycles. The maximum absolute atomic E-state index is 13.9. The lowest BCUT2D eigenvalue weighted by Crippen LogP contribution is -2.39. The molecule has 0 fully saturated rings. The molecule has 2 rings (SSSR count). The maximum atomic E-state index is 13.9. The molecule has 2 amide bonds. The quantitative estimate of drug-likeness (QED) is 0.138. The Kier molecular flexibility index (Phi) is 11.9. The molecule has 0 aliphatic carbocycles. The molecule has 0 saturated heterocycles. The Morgan fingerprint density at radius 3 is 1.77 bits per heavy atom. The van der Waals surface area contributed by atoms with E-state index >= 15 is 0 Å². The van der Waals surface area contributed by atoms with Gasteiger partial charge in [0.05, 0.1) is 16.7 Å². The minimum atomic E-state index is -5.08. The van der Waals surface area contributed by atoms with E-state index in [9.17, 15) is 44.7 Å². The van der Waals surface area contributed by atoms with Crippen molar-refractivity contribution in [2.24, 2.45) is 0 Å². The van der Waals surface area contributed by atoms with Crippen LogP contribution in [0.3, 0.4) is 0 Å². The molecule has 0 bridgehead atoms. The summed E-state index contributed by atoms with van der Waals surface area (Å²) in [5.41, 5.74) is -5.05. The average Bonchev–Trinajstić information content (AvgIpc) is 2.85. The van der Waals surface area contributed by atoms with Crippen molar-refractivity contribution < 1.29 is 44.7 Å². The second kappa shape index (κ2) is 14.4. The zero-order valence-electron chi connectivity index (χ0n) is 21.5. The Bertz CT molecular complexity index is 1110. The maximum Gasteiger partial charge on any atom is 0.417 e. The van der Waals surface area contributed by atoms with Crippen molar-refractivity contribution in [3.8, 4) is 0 Å². The van der Waals surface area contributed by atoms with Crippen LogP contribution in [-0.2, 0) is 12.4 Å². The van der Waals surface area contributed by atoms with E-state index in [2.05, 4.69) is 6.92 Å². The van der Waals surface area contributed by atoms with Crippen LogP contribution in [0, 0.1) is 11.6 Å². The van der Waals surface area contributed by atoms with Gasteiger partial charge in [0.25, 0.3) is 11.8 Å². The number of imide groups is 1. The third-order valence-corrected chi connectivity index (χ3v) is 6.22. The minimum Gasteiger partial charge on any atom is -0.274 e. The predicted molar refractivity (Wildman–Crippen MR) is 130 cm³/mol. The fraction of sp³-hybridized carbons (Fsp3) is 0.500. The number of halogens is 8. The summed E-state index contributed by atoms with van der Waals surface area (Å²) in [6.45, 7) is 1.67. The number of hydrogen-bond donors (Lipinski definition) is 0. The van der Waals surface area contributed by atoms with Crippen molar-refractivity contribution in [2.75, 3.05) is 6.54 Å². The summed E-state index contributed by atoms with van der Waals surface area (Å²) < 4.78 is 108. The highest BCUT2D eigenvalue weighted by molar-refractivity contribution is 6.11. The molecule has 216 valence electrons. The van der Waals surface area contributed by atoms with Gasteiger partial charge in [-0.05, 0) is 42.8 Å². The second-order valence-electron chi connectivity index (χ2n) is 9.36. The summed E-state index contributed by atoms with van der Waals surface area (Å²) in [5.74, 6) is -5.55. The van der Waals surface area contributed by atoms with Crippen LogP contribution in [0.25, 0.3) is 0 Å². The molecule has 0 aromatic heterocycles. The first-order valence-electron chi connectivity index (χ1n) is 12.9. The number of amides is 2. The first-order chi connectivity index (χ1) is 18.3. The van der Waals surface area contributed by atoms with Crippen LogP contribution in [0.1, 0.15) is 103 Å². The monoisotopic (exact) mass is 565 g/mol. The van der Waals surface area contributed by atoms with Gasteiger partial charge >= 0.3 is 12.4 Å². The van der Waals surface area contributed by atoms with Gasteiger partial charge in [-0.2, -0.15) is 26.3 Å². The third-order valence-electron chi connectivity index (χ3n) is 6.22. The van der Waals surface area contributed by atoms with E-state index in [1.54, 1.807) is 0 Å². The number of rotatable bonds is 13. The van der Waals surface area contributed by atoms with E-state index < -0.39 is 64.6 Å². The van der Waals surface area contributed by atoms with Crippen molar-refractivity contribution >= 4 is 11.8 Å². The van der Waals surface area contributed by atoms with Crippen molar-refractivity contribution in [2.45, 2.75) is 83.5 Å². The van der Waals surface area contributed by atoms with Crippen molar-refractivity contribution in [1.82, 2.24) is 4.90 Å². The lowest BCUT2D eigenvalue weighted by Gasteiger charge is -2.23. The Balaban J connectivity index is 2.27. The SMILES string of the molecule is CCCCCCCCCCCCN(C(=O)c1cc(F)cc(C(F)(F)F)c1)C(=O)c1cc(F)ccc1C(F)(F)F. The van der Waals surface area contributed by atoms with Gasteiger partial charge in [-0.25, -0.2) is 8.78 Å². The number of alkyl halides is 6. The Morgan fingerprint density at radius 1 is 0.667 bits per heavy atom. The molecular weight excluding hydrogens is 534 g/mol. The van der Waals surface area contributed by atoms with Crippen LogP contribution in [0.5, 0.6) is 0 Å². The van der Waals surface area contributed by atoms with Gasteiger partial charge in [0.15, 0.2) is 0 Å². The fourth-order valence-electron chi connectivity index (χ4n) is 4.17. The summed E-state index contributed by atoms with van der Waals surface area (Å²) >= 11 is 0. The van der Waals surface area contributed by atoms with E-state index in [4.69, 9.17) is 0 Å². The van der Waals surface area contributed by atoms with Crippen LogP contribution in [0.2, 0.25) is 0 Å². The first kappa shape index (κ1) is 32.2. The Morgan fingerprint density at radius 2 is 1.23 bits per heavy atom. The molecular formula is C28H31F8NO2. The topological polar surface area (TPSA) is 37.4 Å². The highest BCUT2D eigenvalue weighted by atomic mass is 19.4. The highest BCUT2D eigenvalue weighted by Gasteiger charge is 2.38. The molecule has 0 heterocycles. The van der Waals surface area contributed by atoms with Crippen LogP contribution < -0.4 is 0 Å². The highest BCUT2D eigenvalue weighted by Crippen LogP contribution is 2.34. The summed E-state index contributed by atoms with van der Waals surface area (Å²) in [7, 11) is 0. The fourth-order valence-corrected chi connectivity index (χ4v) is 4.17. The second-order valence-corrected chi connectivity index (χ2v) is 9.36. The van der Waals surface area contributed by atoms with Crippen LogP contribution in [0.4, 0.5) is 35.1 Å². The molecule has 2 aromatic carbocycles. The Labute approximate surface area is 222 Å².